The predicted molar refractivity (Wildman–Crippen MR) is 83.8 cm³/mol. The van der Waals surface area contributed by atoms with E-state index in [-0.39, 0.29) is 5.91 Å². The summed E-state index contributed by atoms with van der Waals surface area (Å²) in [5.74, 6) is 1.22. The average molecular weight is 303 g/mol. The minimum Gasteiger partial charge on any atom is -0.497 e. The van der Waals surface area contributed by atoms with Crippen LogP contribution in [-0.4, -0.2) is 20.1 Å². The second kappa shape index (κ2) is 5.77. The highest BCUT2D eigenvalue weighted by Gasteiger charge is 2.18. The number of fused-ring (bicyclic) bond motifs is 1. The van der Waals surface area contributed by atoms with Crippen molar-refractivity contribution in [2.75, 3.05) is 19.5 Å². The van der Waals surface area contributed by atoms with Crippen molar-refractivity contribution in [1.82, 2.24) is 0 Å². The Morgan fingerprint density at radius 3 is 2.43 bits per heavy atom. The van der Waals surface area contributed by atoms with Crippen molar-refractivity contribution in [3.8, 4) is 11.5 Å². The molecule has 4 nitrogen and oxygen atoms in total. The topological polar surface area (TPSA) is 47.6 Å². The van der Waals surface area contributed by atoms with Crippen LogP contribution >= 0.6 is 11.3 Å². The molecular formula is C16H17NO3S. The van der Waals surface area contributed by atoms with Gasteiger partial charge >= 0.3 is 0 Å². The van der Waals surface area contributed by atoms with E-state index in [0.29, 0.717) is 17.2 Å². The number of rotatable bonds is 4. The quantitative estimate of drug-likeness (QED) is 0.940. The van der Waals surface area contributed by atoms with Crippen LogP contribution in [0.3, 0.4) is 0 Å². The maximum absolute atomic E-state index is 12.3. The summed E-state index contributed by atoms with van der Waals surface area (Å²) in [6.07, 6.45) is 3.39. The van der Waals surface area contributed by atoms with E-state index in [4.69, 9.17) is 9.47 Å². The van der Waals surface area contributed by atoms with E-state index in [9.17, 15) is 4.79 Å². The van der Waals surface area contributed by atoms with Gasteiger partial charge < -0.3 is 14.8 Å². The predicted octanol–water partition coefficient (Wildman–Crippen LogP) is 3.51. The minimum atomic E-state index is -0.0790. The number of aryl methyl sites for hydroxylation is 2. The smallest absolute Gasteiger partial charge is 0.265 e. The summed E-state index contributed by atoms with van der Waals surface area (Å²) in [5.41, 5.74) is 2.00. The van der Waals surface area contributed by atoms with Gasteiger partial charge in [-0.3, -0.25) is 4.79 Å². The number of benzene rings is 1. The van der Waals surface area contributed by atoms with E-state index in [2.05, 4.69) is 5.32 Å². The Morgan fingerprint density at radius 1 is 1.10 bits per heavy atom. The number of nitrogens with one attached hydrogen (secondary N) is 1. The number of amides is 1. The third kappa shape index (κ3) is 2.88. The van der Waals surface area contributed by atoms with Gasteiger partial charge in [0.1, 0.15) is 11.5 Å². The number of hydrogen-bond acceptors (Lipinski definition) is 4. The Bertz CT molecular complexity index is 634. The van der Waals surface area contributed by atoms with Gasteiger partial charge in [-0.2, -0.15) is 0 Å². The summed E-state index contributed by atoms with van der Waals surface area (Å²) in [6.45, 7) is 0. The lowest BCUT2D eigenvalue weighted by Crippen LogP contribution is -2.10. The minimum absolute atomic E-state index is 0.0790. The highest BCUT2D eigenvalue weighted by Crippen LogP contribution is 2.31. The molecule has 0 radical (unpaired) electrons. The van der Waals surface area contributed by atoms with Gasteiger partial charge in [-0.15, -0.1) is 11.3 Å². The average Bonchev–Trinajstić information content (AvgIpc) is 3.08. The second-order valence-electron chi connectivity index (χ2n) is 4.97. The summed E-state index contributed by atoms with van der Waals surface area (Å²) >= 11 is 1.59. The molecule has 1 aromatic carbocycles. The van der Waals surface area contributed by atoms with E-state index >= 15 is 0 Å². The number of carbonyl (C=O) groups excluding carboxylic acids is 1. The zero-order chi connectivity index (χ0) is 14.8. The molecule has 5 heteroatoms. The van der Waals surface area contributed by atoms with Gasteiger partial charge in [-0.1, -0.05) is 0 Å². The molecule has 110 valence electrons. The second-order valence-corrected chi connectivity index (χ2v) is 6.10. The molecule has 0 atom stereocenters. The fraction of sp³-hybridized carbons (Fsp3) is 0.312. The monoisotopic (exact) mass is 303 g/mol. The molecule has 2 aromatic rings. The largest absolute Gasteiger partial charge is 0.497 e. The third-order valence-corrected chi connectivity index (χ3v) is 4.82. The van der Waals surface area contributed by atoms with Gasteiger partial charge in [0.25, 0.3) is 5.91 Å². The third-order valence-electron chi connectivity index (χ3n) is 3.58. The molecule has 0 aliphatic heterocycles. The van der Waals surface area contributed by atoms with Gasteiger partial charge in [-0.25, -0.2) is 0 Å². The summed E-state index contributed by atoms with van der Waals surface area (Å²) < 4.78 is 10.4. The van der Waals surface area contributed by atoms with Gasteiger partial charge in [0.15, 0.2) is 0 Å². The molecule has 0 saturated carbocycles. The number of hydrogen-bond donors (Lipinski definition) is 1. The molecule has 1 N–H and O–H groups in total. The maximum atomic E-state index is 12.3. The Labute approximate surface area is 127 Å². The first-order valence-electron chi connectivity index (χ1n) is 6.85. The molecule has 0 bridgehead atoms. The molecule has 0 saturated heterocycles. The molecule has 3 rings (SSSR count). The molecule has 1 aliphatic rings. The fourth-order valence-electron chi connectivity index (χ4n) is 2.51. The van der Waals surface area contributed by atoms with Gasteiger partial charge in [-0.05, 0) is 30.9 Å². The lowest BCUT2D eigenvalue weighted by Gasteiger charge is -2.09. The number of thiophene rings is 1. The van der Waals surface area contributed by atoms with E-state index < -0.39 is 0 Å². The summed E-state index contributed by atoms with van der Waals surface area (Å²) in [4.78, 5) is 14.5. The number of carbonyl (C=O) groups is 1. The number of methoxy groups -OCH3 is 2. The molecular weight excluding hydrogens is 286 g/mol. The van der Waals surface area contributed by atoms with E-state index in [1.54, 1.807) is 43.8 Å². The summed E-state index contributed by atoms with van der Waals surface area (Å²) in [5, 5.41) is 2.91. The Hall–Kier alpha value is -2.01. The molecule has 0 spiro atoms. The van der Waals surface area contributed by atoms with E-state index in [1.165, 1.54) is 16.9 Å². The molecule has 1 heterocycles. The molecule has 0 fully saturated rings. The Morgan fingerprint density at radius 2 is 1.81 bits per heavy atom. The first-order chi connectivity index (χ1) is 10.2. The van der Waals surface area contributed by atoms with Crippen LogP contribution in [0.25, 0.3) is 0 Å². The van der Waals surface area contributed by atoms with Crippen LogP contribution in [0.1, 0.15) is 26.5 Å². The summed E-state index contributed by atoms with van der Waals surface area (Å²) in [7, 11) is 3.17. The van der Waals surface area contributed by atoms with Crippen LogP contribution < -0.4 is 14.8 Å². The number of anilines is 1. The van der Waals surface area contributed by atoms with Gasteiger partial charge in [0, 0.05) is 28.8 Å². The highest BCUT2D eigenvalue weighted by molar-refractivity contribution is 7.14. The molecule has 0 unspecified atom stereocenters. The lowest BCUT2D eigenvalue weighted by atomic mass is 10.2. The van der Waals surface area contributed by atoms with Crippen LogP contribution in [0.4, 0.5) is 5.69 Å². The standard InChI is InChI=1S/C16H17NO3S/c1-19-12-7-11(8-13(9-12)20-2)17-16(18)15-6-10-4-3-5-14(10)21-15/h6-9H,3-5H2,1-2H3,(H,17,18). The highest BCUT2D eigenvalue weighted by atomic mass is 32.1. The van der Waals surface area contributed by atoms with Crippen molar-refractivity contribution in [2.24, 2.45) is 0 Å². The van der Waals surface area contributed by atoms with Crippen LogP contribution in [0.15, 0.2) is 24.3 Å². The van der Waals surface area contributed by atoms with Gasteiger partial charge in [0.05, 0.1) is 19.1 Å². The molecule has 1 aliphatic carbocycles. The van der Waals surface area contributed by atoms with Crippen LogP contribution in [0.2, 0.25) is 0 Å². The fourth-order valence-corrected chi connectivity index (χ4v) is 3.66. The van der Waals surface area contributed by atoms with Crippen LogP contribution in [-0.2, 0) is 12.8 Å². The SMILES string of the molecule is COc1cc(NC(=O)c2cc3c(s2)CCC3)cc(OC)c1. The molecule has 1 amide bonds. The van der Waals surface area contributed by atoms with Gasteiger partial charge in [0.2, 0.25) is 0 Å². The zero-order valence-corrected chi connectivity index (χ0v) is 12.9. The zero-order valence-electron chi connectivity index (χ0n) is 12.1. The Kier molecular flexibility index (Phi) is 3.84. The van der Waals surface area contributed by atoms with E-state index in [0.717, 1.165) is 17.7 Å². The normalized spacial score (nSPS) is 12.9. The van der Waals surface area contributed by atoms with E-state index in [1.807, 2.05) is 6.07 Å². The first-order valence-corrected chi connectivity index (χ1v) is 7.67. The Balaban J connectivity index is 1.80. The van der Waals surface area contributed by atoms with Crippen LogP contribution in [0.5, 0.6) is 11.5 Å². The number of ether oxygens (including phenoxy) is 2. The van der Waals surface area contributed by atoms with Crippen molar-refractivity contribution < 1.29 is 14.3 Å². The van der Waals surface area contributed by atoms with Crippen molar-refractivity contribution in [2.45, 2.75) is 19.3 Å². The van der Waals surface area contributed by atoms with Crippen LogP contribution in [0, 0.1) is 0 Å². The summed E-state index contributed by atoms with van der Waals surface area (Å²) in [6, 6.07) is 7.35. The van der Waals surface area contributed by atoms with Crippen molar-refractivity contribution in [3.63, 3.8) is 0 Å². The van der Waals surface area contributed by atoms with Crippen molar-refractivity contribution in [3.05, 3.63) is 39.6 Å². The van der Waals surface area contributed by atoms with Crippen molar-refractivity contribution >= 4 is 22.9 Å². The molecule has 21 heavy (non-hydrogen) atoms. The van der Waals surface area contributed by atoms with Crippen molar-refractivity contribution in [1.29, 1.82) is 0 Å². The molecule has 1 aromatic heterocycles. The maximum Gasteiger partial charge on any atom is 0.265 e. The lowest BCUT2D eigenvalue weighted by molar-refractivity contribution is 0.103. The first kappa shape index (κ1) is 13.9.